The highest BCUT2D eigenvalue weighted by atomic mass is 35.5. The summed E-state index contributed by atoms with van der Waals surface area (Å²) in [5.74, 6) is 0.213. The van der Waals surface area contributed by atoms with Gasteiger partial charge in [-0.25, -0.2) is 0 Å². The Labute approximate surface area is 148 Å². The smallest absolute Gasteiger partial charge is 0.218 e. The van der Waals surface area contributed by atoms with Crippen LogP contribution in [0.1, 0.15) is 27.3 Å². The summed E-state index contributed by atoms with van der Waals surface area (Å²) in [6.45, 7) is 8.60. The third-order valence-electron chi connectivity index (χ3n) is 4.77. The molecule has 2 heterocycles. The first-order valence-corrected chi connectivity index (χ1v) is 8.78. The predicted molar refractivity (Wildman–Crippen MR) is 95.2 cm³/mol. The van der Waals surface area contributed by atoms with E-state index in [1.165, 1.54) is 4.90 Å². The molecule has 4 nitrogen and oxygen atoms in total. The van der Waals surface area contributed by atoms with Gasteiger partial charge < -0.3 is 14.2 Å². The molecule has 128 valence electrons. The lowest BCUT2D eigenvalue weighted by Gasteiger charge is -2.23. The lowest BCUT2D eigenvalue weighted by atomic mass is 10.1. The van der Waals surface area contributed by atoms with E-state index in [0.29, 0.717) is 13.1 Å². The maximum atomic E-state index is 12.7. The molecule has 0 saturated carbocycles. The van der Waals surface area contributed by atoms with Gasteiger partial charge in [-0.05, 0) is 31.5 Å². The molecule has 2 aromatic rings. The van der Waals surface area contributed by atoms with Crippen molar-refractivity contribution >= 4 is 17.4 Å². The van der Waals surface area contributed by atoms with Crippen LogP contribution in [0.25, 0.3) is 0 Å². The zero-order chi connectivity index (χ0) is 17.1. The zero-order valence-electron chi connectivity index (χ0n) is 14.3. The maximum Gasteiger partial charge on any atom is 0.218 e. The van der Waals surface area contributed by atoms with Crippen molar-refractivity contribution in [1.82, 2.24) is 4.57 Å². The predicted octanol–water partition coefficient (Wildman–Crippen LogP) is 1.90. The Morgan fingerprint density at radius 3 is 2.67 bits per heavy atom. The SMILES string of the molecule is Cc1cc(C(=O)C[NH+]2CCOCC2)c(C)n1Cc1ccccc1Cl. The highest BCUT2D eigenvalue weighted by Crippen LogP contribution is 2.21. The van der Waals surface area contributed by atoms with Crippen molar-refractivity contribution in [3.05, 3.63) is 57.9 Å². The quantitative estimate of drug-likeness (QED) is 0.839. The molecule has 0 atom stereocenters. The highest BCUT2D eigenvalue weighted by molar-refractivity contribution is 6.31. The summed E-state index contributed by atoms with van der Waals surface area (Å²) in [7, 11) is 0. The second-order valence-corrected chi connectivity index (χ2v) is 6.83. The Bertz CT molecular complexity index is 733. The van der Waals surface area contributed by atoms with Gasteiger partial charge in [0.05, 0.1) is 13.2 Å². The van der Waals surface area contributed by atoms with Gasteiger partial charge in [0, 0.05) is 28.5 Å². The van der Waals surface area contributed by atoms with Gasteiger partial charge in [-0.15, -0.1) is 0 Å². The third kappa shape index (κ3) is 3.72. The van der Waals surface area contributed by atoms with Crippen LogP contribution in [0.3, 0.4) is 0 Å². The Kier molecular flexibility index (Phi) is 5.39. The Balaban J connectivity index is 1.78. The number of morpholine rings is 1. The summed E-state index contributed by atoms with van der Waals surface area (Å²) in [5, 5.41) is 0.760. The number of quaternary nitrogens is 1. The van der Waals surface area contributed by atoms with Crippen LogP contribution in [0.2, 0.25) is 5.02 Å². The number of hydrogen-bond donors (Lipinski definition) is 1. The number of carbonyl (C=O) groups is 1. The van der Waals surface area contributed by atoms with Crippen LogP contribution in [0.4, 0.5) is 0 Å². The first-order chi connectivity index (χ1) is 11.6. The monoisotopic (exact) mass is 347 g/mol. The molecule has 5 heteroatoms. The van der Waals surface area contributed by atoms with E-state index in [1.807, 2.05) is 44.2 Å². The second-order valence-electron chi connectivity index (χ2n) is 6.42. The number of aryl methyl sites for hydroxylation is 1. The van der Waals surface area contributed by atoms with E-state index < -0.39 is 0 Å². The second kappa shape index (κ2) is 7.51. The van der Waals surface area contributed by atoms with Gasteiger partial charge in [0.15, 0.2) is 0 Å². The molecule has 1 aliphatic rings. The lowest BCUT2D eigenvalue weighted by Crippen LogP contribution is -3.14. The highest BCUT2D eigenvalue weighted by Gasteiger charge is 2.22. The van der Waals surface area contributed by atoms with Gasteiger partial charge in [-0.1, -0.05) is 29.8 Å². The molecule has 3 rings (SSSR count). The largest absolute Gasteiger partial charge is 0.370 e. The number of halogens is 1. The molecular weight excluding hydrogens is 324 g/mol. The van der Waals surface area contributed by atoms with Crippen LogP contribution in [0.5, 0.6) is 0 Å². The van der Waals surface area contributed by atoms with Gasteiger partial charge in [-0.3, -0.25) is 4.79 Å². The molecule has 0 unspecified atom stereocenters. The van der Waals surface area contributed by atoms with Gasteiger partial charge in [0.1, 0.15) is 19.6 Å². The average molecular weight is 348 g/mol. The number of ether oxygens (including phenoxy) is 1. The molecule has 0 bridgehead atoms. The summed E-state index contributed by atoms with van der Waals surface area (Å²) in [6.07, 6.45) is 0. The number of carbonyl (C=O) groups excluding carboxylic acids is 1. The molecule has 1 aromatic heterocycles. The van der Waals surface area contributed by atoms with Crippen LogP contribution < -0.4 is 4.90 Å². The first-order valence-electron chi connectivity index (χ1n) is 8.41. The summed E-state index contributed by atoms with van der Waals surface area (Å²) in [4.78, 5) is 14.0. The van der Waals surface area contributed by atoms with E-state index in [1.54, 1.807) is 0 Å². The normalized spacial score (nSPS) is 15.6. The maximum absolute atomic E-state index is 12.7. The van der Waals surface area contributed by atoms with E-state index in [2.05, 4.69) is 4.57 Å². The molecule has 0 spiro atoms. The summed E-state index contributed by atoms with van der Waals surface area (Å²) >= 11 is 6.28. The number of Topliss-reactive ketones (excluding diaryl/α,β-unsaturated/α-hetero) is 1. The van der Waals surface area contributed by atoms with Crippen molar-refractivity contribution in [2.45, 2.75) is 20.4 Å². The minimum Gasteiger partial charge on any atom is -0.370 e. The van der Waals surface area contributed by atoms with E-state index in [-0.39, 0.29) is 5.78 Å². The average Bonchev–Trinajstić information content (AvgIpc) is 2.86. The minimum atomic E-state index is 0.213. The van der Waals surface area contributed by atoms with Crippen LogP contribution in [-0.4, -0.2) is 43.2 Å². The van der Waals surface area contributed by atoms with Crippen LogP contribution >= 0.6 is 11.6 Å². The number of nitrogens with zero attached hydrogens (tertiary/aromatic N) is 1. The van der Waals surface area contributed by atoms with E-state index in [4.69, 9.17) is 16.3 Å². The summed E-state index contributed by atoms with van der Waals surface area (Å²) in [5.41, 5.74) is 4.01. The summed E-state index contributed by atoms with van der Waals surface area (Å²) in [6, 6.07) is 9.86. The fourth-order valence-corrected chi connectivity index (χ4v) is 3.48. The van der Waals surface area contributed by atoms with Crippen molar-refractivity contribution < 1.29 is 14.4 Å². The van der Waals surface area contributed by atoms with Crippen molar-refractivity contribution in [3.63, 3.8) is 0 Å². The molecule has 24 heavy (non-hydrogen) atoms. The Morgan fingerprint density at radius 2 is 1.96 bits per heavy atom. The Hall–Kier alpha value is -1.62. The van der Waals surface area contributed by atoms with Crippen molar-refractivity contribution in [2.24, 2.45) is 0 Å². The topological polar surface area (TPSA) is 35.7 Å². The standard InChI is InChI=1S/C19H23ClN2O2/c1-14-11-17(19(23)13-21-7-9-24-10-8-21)15(2)22(14)12-16-5-3-4-6-18(16)20/h3-6,11H,7-10,12-13H2,1-2H3/p+1. The van der Waals surface area contributed by atoms with Crippen molar-refractivity contribution in [3.8, 4) is 0 Å². The minimum absolute atomic E-state index is 0.213. The van der Waals surface area contributed by atoms with Gasteiger partial charge in [0.25, 0.3) is 0 Å². The molecule has 1 aliphatic heterocycles. The first kappa shape index (κ1) is 17.2. The van der Waals surface area contributed by atoms with Gasteiger partial charge in [-0.2, -0.15) is 0 Å². The van der Waals surface area contributed by atoms with Crippen LogP contribution in [-0.2, 0) is 11.3 Å². The fraction of sp³-hybridized carbons (Fsp3) is 0.421. The van der Waals surface area contributed by atoms with Crippen molar-refractivity contribution in [1.29, 1.82) is 0 Å². The number of benzene rings is 1. The molecule has 0 radical (unpaired) electrons. The number of ketones is 1. The molecule has 0 amide bonds. The zero-order valence-corrected chi connectivity index (χ0v) is 15.0. The molecule has 1 saturated heterocycles. The van der Waals surface area contributed by atoms with Crippen molar-refractivity contribution in [2.75, 3.05) is 32.8 Å². The fourth-order valence-electron chi connectivity index (χ4n) is 3.28. The van der Waals surface area contributed by atoms with Crippen LogP contribution in [0, 0.1) is 13.8 Å². The Morgan fingerprint density at radius 1 is 1.25 bits per heavy atom. The molecule has 1 N–H and O–H groups in total. The lowest BCUT2D eigenvalue weighted by molar-refractivity contribution is -0.899. The molecule has 1 aromatic carbocycles. The third-order valence-corrected chi connectivity index (χ3v) is 5.14. The molecule has 0 aliphatic carbocycles. The summed E-state index contributed by atoms with van der Waals surface area (Å²) < 4.78 is 7.53. The van der Waals surface area contributed by atoms with Gasteiger partial charge in [0.2, 0.25) is 5.78 Å². The molecule has 1 fully saturated rings. The number of nitrogens with one attached hydrogen (secondary N) is 1. The number of aromatic nitrogens is 1. The number of hydrogen-bond acceptors (Lipinski definition) is 2. The van der Waals surface area contributed by atoms with E-state index in [9.17, 15) is 4.79 Å². The number of rotatable bonds is 5. The molecular formula is C19H24ClN2O2+. The van der Waals surface area contributed by atoms with Crippen LogP contribution in [0.15, 0.2) is 30.3 Å². The van der Waals surface area contributed by atoms with Gasteiger partial charge >= 0.3 is 0 Å². The van der Waals surface area contributed by atoms with E-state index >= 15 is 0 Å². The van der Waals surface area contributed by atoms with E-state index in [0.717, 1.165) is 53.8 Å².